The molecule has 1 aliphatic rings. The molecule has 0 bridgehead atoms. The van der Waals surface area contributed by atoms with E-state index in [1.165, 1.54) is 5.56 Å². The molecule has 2 aromatic heterocycles. The SMILES string of the molecule is CN=C(NCc1ccc(N2CCOC(C)C2)nc1)N(C)Cc1cn(C)nc1C(C)C.I. The molecule has 1 N–H and O–H groups in total. The van der Waals surface area contributed by atoms with Crippen molar-refractivity contribution >= 4 is 35.8 Å². The van der Waals surface area contributed by atoms with E-state index >= 15 is 0 Å². The minimum Gasteiger partial charge on any atom is -0.375 e. The number of hydrogen-bond acceptors (Lipinski definition) is 5. The van der Waals surface area contributed by atoms with Crippen LogP contribution in [0.4, 0.5) is 5.82 Å². The molecular weight excluding hydrogens is 505 g/mol. The highest BCUT2D eigenvalue weighted by molar-refractivity contribution is 14.0. The van der Waals surface area contributed by atoms with Gasteiger partial charge in [-0.25, -0.2) is 4.98 Å². The molecule has 9 heteroatoms. The van der Waals surface area contributed by atoms with Gasteiger partial charge in [-0.2, -0.15) is 5.10 Å². The monoisotopic (exact) mass is 541 g/mol. The fourth-order valence-corrected chi connectivity index (χ4v) is 3.79. The minimum atomic E-state index is 0. The molecule has 0 amide bonds. The summed E-state index contributed by atoms with van der Waals surface area (Å²) in [6.45, 7) is 10.4. The van der Waals surface area contributed by atoms with Crippen LogP contribution in [0.5, 0.6) is 0 Å². The zero-order valence-corrected chi connectivity index (χ0v) is 21.8. The summed E-state index contributed by atoms with van der Waals surface area (Å²) in [6.07, 6.45) is 4.28. The van der Waals surface area contributed by atoms with Crippen LogP contribution in [0.3, 0.4) is 0 Å². The number of rotatable bonds is 6. The summed E-state index contributed by atoms with van der Waals surface area (Å²) < 4.78 is 7.50. The zero-order chi connectivity index (χ0) is 21.7. The first kappa shape index (κ1) is 25.4. The van der Waals surface area contributed by atoms with Crippen LogP contribution in [0, 0.1) is 0 Å². The number of morpholine rings is 1. The Bertz CT molecular complexity index is 850. The third kappa shape index (κ3) is 6.80. The van der Waals surface area contributed by atoms with E-state index in [1.54, 1.807) is 0 Å². The molecule has 31 heavy (non-hydrogen) atoms. The van der Waals surface area contributed by atoms with Crippen LogP contribution in [-0.2, 0) is 24.9 Å². The molecule has 1 fully saturated rings. The number of ether oxygens (including phenoxy) is 1. The summed E-state index contributed by atoms with van der Waals surface area (Å²) in [5.74, 6) is 2.25. The van der Waals surface area contributed by atoms with E-state index < -0.39 is 0 Å². The molecule has 1 aliphatic heterocycles. The van der Waals surface area contributed by atoms with Gasteiger partial charge >= 0.3 is 0 Å². The van der Waals surface area contributed by atoms with E-state index in [-0.39, 0.29) is 30.1 Å². The van der Waals surface area contributed by atoms with Crippen molar-refractivity contribution < 1.29 is 4.74 Å². The van der Waals surface area contributed by atoms with E-state index in [9.17, 15) is 0 Å². The Morgan fingerprint density at radius 2 is 2.16 bits per heavy atom. The van der Waals surface area contributed by atoms with Crippen LogP contribution in [0.1, 0.15) is 43.5 Å². The number of hydrogen-bond donors (Lipinski definition) is 1. The molecule has 3 rings (SSSR count). The van der Waals surface area contributed by atoms with Crippen LogP contribution in [0.25, 0.3) is 0 Å². The molecule has 1 atom stereocenters. The fourth-order valence-electron chi connectivity index (χ4n) is 3.79. The molecule has 8 nitrogen and oxygen atoms in total. The highest BCUT2D eigenvalue weighted by Crippen LogP contribution is 2.19. The summed E-state index contributed by atoms with van der Waals surface area (Å²) in [5, 5.41) is 8.05. The molecule has 0 aliphatic carbocycles. The Morgan fingerprint density at radius 3 is 2.77 bits per heavy atom. The Labute approximate surface area is 203 Å². The summed E-state index contributed by atoms with van der Waals surface area (Å²) in [7, 11) is 5.83. The van der Waals surface area contributed by atoms with E-state index in [2.05, 4.69) is 69.3 Å². The van der Waals surface area contributed by atoms with Gasteiger partial charge in [0, 0.05) is 65.3 Å². The van der Waals surface area contributed by atoms with Crippen molar-refractivity contribution in [1.82, 2.24) is 25.0 Å². The zero-order valence-electron chi connectivity index (χ0n) is 19.5. The molecule has 3 heterocycles. The maximum atomic E-state index is 5.61. The van der Waals surface area contributed by atoms with E-state index in [0.29, 0.717) is 12.5 Å². The van der Waals surface area contributed by atoms with Crippen molar-refractivity contribution in [2.24, 2.45) is 12.0 Å². The van der Waals surface area contributed by atoms with Crippen LogP contribution in [-0.4, -0.2) is 65.5 Å². The van der Waals surface area contributed by atoms with Gasteiger partial charge in [0.1, 0.15) is 5.82 Å². The lowest BCUT2D eigenvalue weighted by molar-refractivity contribution is 0.0529. The van der Waals surface area contributed by atoms with Gasteiger partial charge in [0.15, 0.2) is 5.96 Å². The summed E-state index contributed by atoms with van der Waals surface area (Å²) in [4.78, 5) is 13.5. The predicted molar refractivity (Wildman–Crippen MR) is 136 cm³/mol. The summed E-state index contributed by atoms with van der Waals surface area (Å²) in [6, 6.07) is 4.22. The van der Waals surface area contributed by atoms with E-state index in [1.807, 2.05) is 32.0 Å². The van der Waals surface area contributed by atoms with E-state index in [4.69, 9.17) is 4.74 Å². The largest absolute Gasteiger partial charge is 0.375 e. The van der Waals surface area contributed by atoms with Gasteiger partial charge in [0.05, 0.1) is 18.4 Å². The Morgan fingerprint density at radius 1 is 1.39 bits per heavy atom. The number of pyridine rings is 1. The van der Waals surface area contributed by atoms with Crippen molar-refractivity contribution in [1.29, 1.82) is 0 Å². The Kier molecular flexibility index (Phi) is 9.54. The second kappa shape index (κ2) is 11.7. The maximum absolute atomic E-state index is 5.61. The summed E-state index contributed by atoms with van der Waals surface area (Å²) >= 11 is 0. The van der Waals surface area contributed by atoms with Crippen molar-refractivity contribution in [2.75, 3.05) is 38.7 Å². The number of guanidine groups is 1. The van der Waals surface area contributed by atoms with E-state index in [0.717, 1.165) is 49.3 Å². The lowest BCUT2D eigenvalue weighted by Crippen LogP contribution is -2.41. The second-order valence-corrected chi connectivity index (χ2v) is 8.28. The number of halogens is 1. The summed E-state index contributed by atoms with van der Waals surface area (Å²) in [5.41, 5.74) is 3.49. The molecule has 0 aromatic carbocycles. The smallest absolute Gasteiger partial charge is 0.193 e. The Hall–Kier alpha value is -1.88. The van der Waals surface area contributed by atoms with Gasteiger partial charge in [-0.3, -0.25) is 9.67 Å². The van der Waals surface area contributed by atoms with Crippen LogP contribution in [0.15, 0.2) is 29.5 Å². The topological polar surface area (TPSA) is 70.8 Å². The number of aryl methyl sites for hydroxylation is 1. The number of aliphatic imine (C=N–C) groups is 1. The number of nitrogens with zero attached hydrogens (tertiary/aromatic N) is 6. The fraction of sp³-hybridized carbons (Fsp3) is 0.591. The predicted octanol–water partition coefficient (Wildman–Crippen LogP) is 2.99. The number of aromatic nitrogens is 3. The van der Waals surface area contributed by atoms with Crippen molar-refractivity contribution in [3.63, 3.8) is 0 Å². The normalized spacial score (nSPS) is 16.9. The van der Waals surface area contributed by atoms with Gasteiger partial charge in [0.2, 0.25) is 0 Å². The molecular formula is C22H36IN7O. The highest BCUT2D eigenvalue weighted by Gasteiger charge is 2.18. The van der Waals surface area contributed by atoms with Crippen LogP contribution < -0.4 is 10.2 Å². The number of anilines is 1. The van der Waals surface area contributed by atoms with Crippen LogP contribution in [0.2, 0.25) is 0 Å². The molecule has 0 radical (unpaired) electrons. The second-order valence-electron chi connectivity index (χ2n) is 8.28. The average molecular weight is 541 g/mol. The third-order valence-corrected chi connectivity index (χ3v) is 5.29. The molecule has 0 saturated carbocycles. The third-order valence-electron chi connectivity index (χ3n) is 5.29. The molecule has 1 unspecified atom stereocenters. The first-order valence-electron chi connectivity index (χ1n) is 10.6. The molecule has 0 spiro atoms. The van der Waals surface area contributed by atoms with Gasteiger partial charge in [-0.1, -0.05) is 19.9 Å². The van der Waals surface area contributed by atoms with Crippen LogP contribution >= 0.6 is 24.0 Å². The standard InChI is InChI=1S/C22H35N7O.HI/c1-16(2)21-19(15-28(6)26-21)14-27(5)22(23-4)25-12-18-7-8-20(24-11-18)29-9-10-30-17(3)13-29;/h7-8,11,15-17H,9-10,12-14H2,1-6H3,(H,23,25);1H. The van der Waals surface area contributed by atoms with Gasteiger partial charge in [-0.15, -0.1) is 24.0 Å². The van der Waals surface area contributed by atoms with Gasteiger partial charge < -0.3 is 19.9 Å². The maximum Gasteiger partial charge on any atom is 0.193 e. The molecule has 2 aromatic rings. The first-order chi connectivity index (χ1) is 14.4. The van der Waals surface area contributed by atoms with Crippen molar-refractivity contribution in [3.8, 4) is 0 Å². The first-order valence-corrected chi connectivity index (χ1v) is 10.6. The quantitative estimate of drug-likeness (QED) is 0.345. The van der Waals surface area contributed by atoms with Gasteiger partial charge in [-0.05, 0) is 24.5 Å². The minimum absolute atomic E-state index is 0. The van der Waals surface area contributed by atoms with Crippen molar-refractivity contribution in [2.45, 2.75) is 45.9 Å². The average Bonchev–Trinajstić information content (AvgIpc) is 3.09. The molecule has 172 valence electrons. The van der Waals surface area contributed by atoms with Crippen molar-refractivity contribution in [3.05, 3.63) is 41.3 Å². The lowest BCUT2D eigenvalue weighted by atomic mass is 10.1. The number of nitrogens with one attached hydrogen (secondary N) is 1. The van der Waals surface area contributed by atoms with Gasteiger partial charge in [0.25, 0.3) is 0 Å². The highest BCUT2D eigenvalue weighted by atomic mass is 127. The lowest BCUT2D eigenvalue weighted by Gasteiger charge is -2.32. The Balaban J connectivity index is 0.00000341. The molecule has 1 saturated heterocycles.